The summed E-state index contributed by atoms with van der Waals surface area (Å²) in [5, 5.41) is 0. The zero-order chi connectivity index (χ0) is 15.0. The van der Waals surface area contributed by atoms with Crippen LogP contribution >= 0.6 is 0 Å². The summed E-state index contributed by atoms with van der Waals surface area (Å²) < 4.78 is 8.22. The molecule has 1 aromatic heterocycles. The molecule has 0 spiro atoms. The number of fused-ring (bicyclic) bond motifs is 3. The van der Waals surface area contributed by atoms with Gasteiger partial charge in [-0.25, -0.2) is 4.98 Å². The van der Waals surface area contributed by atoms with Crippen molar-refractivity contribution in [3.8, 4) is 5.75 Å². The van der Waals surface area contributed by atoms with Gasteiger partial charge in [-0.05, 0) is 32.6 Å². The van der Waals surface area contributed by atoms with Gasteiger partial charge < -0.3 is 19.9 Å². The number of hydrogen-bond donors (Lipinski definition) is 1. The number of ether oxygens (including phenoxy) is 1. The van der Waals surface area contributed by atoms with Crippen LogP contribution in [0.1, 0.15) is 25.3 Å². The molecule has 0 saturated carbocycles. The van der Waals surface area contributed by atoms with Crippen molar-refractivity contribution in [3.63, 3.8) is 0 Å². The van der Waals surface area contributed by atoms with E-state index in [1.807, 2.05) is 12.1 Å². The van der Waals surface area contributed by atoms with Crippen LogP contribution in [0.3, 0.4) is 0 Å². The minimum absolute atomic E-state index is 0.219. The van der Waals surface area contributed by atoms with Crippen LogP contribution in [0.25, 0.3) is 11.0 Å². The van der Waals surface area contributed by atoms with Crippen LogP contribution in [0.4, 0.5) is 5.95 Å². The van der Waals surface area contributed by atoms with E-state index in [-0.39, 0.29) is 6.10 Å². The van der Waals surface area contributed by atoms with Crippen molar-refractivity contribution in [2.45, 2.75) is 38.8 Å². The van der Waals surface area contributed by atoms with Crippen LogP contribution in [0.15, 0.2) is 12.1 Å². The molecule has 1 aromatic carbocycles. The standard InChI is InChI=1S/C16H24N4O/c1-4-5-8-20-15-12-9-11(10-19(2)3)21-14(12)7-6-13(15)18-16(20)17/h6-7,11H,4-5,8-10H2,1-3H3,(H2,17,18). The fraction of sp³-hybridized carbons (Fsp3) is 0.562. The maximum Gasteiger partial charge on any atom is 0.201 e. The number of aromatic nitrogens is 2. The van der Waals surface area contributed by atoms with Crippen molar-refractivity contribution in [2.24, 2.45) is 0 Å². The molecule has 21 heavy (non-hydrogen) atoms. The Balaban J connectivity index is 2.00. The Labute approximate surface area is 125 Å². The fourth-order valence-corrected chi connectivity index (χ4v) is 3.10. The third-order valence-electron chi connectivity index (χ3n) is 4.03. The topological polar surface area (TPSA) is 56.3 Å². The number of rotatable bonds is 5. The molecule has 0 aliphatic carbocycles. The second-order valence-electron chi connectivity index (χ2n) is 6.09. The van der Waals surface area contributed by atoms with E-state index in [9.17, 15) is 0 Å². The van der Waals surface area contributed by atoms with E-state index >= 15 is 0 Å². The van der Waals surface area contributed by atoms with Gasteiger partial charge in [0.15, 0.2) is 0 Å². The number of anilines is 1. The largest absolute Gasteiger partial charge is 0.488 e. The van der Waals surface area contributed by atoms with Gasteiger partial charge in [0.1, 0.15) is 11.9 Å². The van der Waals surface area contributed by atoms with Gasteiger partial charge in [0, 0.05) is 25.1 Å². The average molecular weight is 288 g/mol. The van der Waals surface area contributed by atoms with Crippen molar-refractivity contribution < 1.29 is 4.74 Å². The Bertz CT molecular complexity index is 647. The quantitative estimate of drug-likeness (QED) is 0.917. The number of likely N-dealkylation sites (N-methyl/N-ethyl adjacent to an activating group) is 1. The van der Waals surface area contributed by atoms with E-state index in [0.29, 0.717) is 5.95 Å². The molecule has 5 nitrogen and oxygen atoms in total. The molecule has 1 aliphatic rings. The SMILES string of the molecule is CCCCn1c(N)nc2ccc3c(c21)CC(CN(C)C)O3. The molecule has 5 heteroatoms. The molecule has 1 atom stereocenters. The summed E-state index contributed by atoms with van der Waals surface area (Å²) >= 11 is 0. The number of nitrogens with zero attached hydrogens (tertiary/aromatic N) is 3. The van der Waals surface area contributed by atoms with Crippen molar-refractivity contribution in [1.29, 1.82) is 0 Å². The number of aryl methyl sites for hydroxylation is 1. The third kappa shape index (κ3) is 2.58. The number of hydrogen-bond acceptors (Lipinski definition) is 4. The summed E-state index contributed by atoms with van der Waals surface area (Å²) in [6.07, 6.45) is 3.41. The zero-order valence-electron chi connectivity index (χ0n) is 13.1. The molecule has 2 N–H and O–H groups in total. The van der Waals surface area contributed by atoms with Crippen molar-refractivity contribution in [1.82, 2.24) is 14.5 Å². The van der Waals surface area contributed by atoms with Crippen LogP contribution in [0, 0.1) is 0 Å². The smallest absolute Gasteiger partial charge is 0.201 e. The van der Waals surface area contributed by atoms with Crippen LogP contribution in [-0.2, 0) is 13.0 Å². The number of benzene rings is 1. The van der Waals surface area contributed by atoms with Crippen LogP contribution in [-0.4, -0.2) is 41.2 Å². The Morgan fingerprint density at radius 3 is 2.95 bits per heavy atom. The van der Waals surface area contributed by atoms with Gasteiger partial charge in [0.25, 0.3) is 0 Å². The van der Waals surface area contributed by atoms with Gasteiger partial charge in [0.2, 0.25) is 5.95 Å². The first-order valence-electron chi connectivity index (χ1n) is 7.69. The molecule has 0 bridgehead atoms. The second-order valence-corrected chi connectivity index (χ2v) is 6.09. The van der Waals surface area contributed by atoms with Gasteiger partial charge in [-0.2, -0.15) is 0 Å². The molecular formula is C16H24N4O. The maximum absolute atomic E-state index is 6.11. The molecule has 1 aliphatic heterocycles. The second kappa shape index (κ2) is 5.56. The summed E-state index contributed by atoms with van der Waals surface area (Å²) in [5.41, 5.74) is 9.52. The van der Waals surface area contributed by atoms with Gasteiger partial charge >= 0.3 is 0 Å². The highest BCUT2D eigenvalue weighted by Gasteiger charge is 2.27. The van der Waals surface area contributed by atoms with E-state index in [0.717, 1.165) is 43.6 Å². The Morgan fingerprint density at radius 1 is 1.43 bits per heavy atom. The van der Waals surface area contributed by atoms with Gasteiger partial charge in [0.05, 0.1) is 11.0 Å². The molecule has 0 fully saturated rings. The number of nitrogen functional groups attached to an aromatic ring is 1. The lowest BCUT2D eigenvalue weighted by Crippen LogP contribution is -2.29. The summed E-state index contributed by atoms with van der Waals surface area (Å²) in [6, 6.07) is 4.05. The molecule has 2 heterocycles. The van der Waals surface area contributed by atoms with Crippen LogP contribution in [0.5, 0.6) is 5.75 Å². The zero-order valence-corrected chi connectivity index (χ0v) is 13.1. The fourth-order valence-electron chi connectivity index (χ4n) is 3.10. The van der Waals surface area contributed by atoms with E-state index in [4.69, 9.17) is 10.5 Å². The van der Waals surface area contributed by atoms with Gasteiger partial charge in [-0.15, -0.1) is 0 Å². The number of unbranched alkanes of at least 4 members (excludes halogenated alkanes) is 1. The summed E-state index contributed by atoms with van der Waals surface area (Å²) in [5.74, 6) is 1.61. The monoisotopic (exact) mass is 288 g/mol. The first-order chi connectivity index (χ1) is 10.1. The third-order valence-corrected chi connectivity index (χ3v) is 4.03. The lowest BCUT2D eigenvalue weighted by atomic mass is 10.1. The summed E-state index contributed by atoms with van der Waals surface area (Å²) in [4.78, 5) is 6.67. The minimum atomic E-state index is 0.219. The minimum Gasteiger partial charge on any atom is -0.488 e. The lowest BCUT2D eigenvalue weighted by molar-refractivity contribution is 0.184. The number of nitrogens with two attached hydrogens (primary N) is 1. The maximum atomic E-state index is 6.11. The highest BCUT2D eigenvalue weighted by Crippen LogP contribution is 2.36. The summed E-state index contributed by atoms with van der Waals surface area (Å²) in [7, 11) is 4.15. The predicted octanol–water partition coefficient (Wildman–Crippen LogP) is 2.28. The highest BCUT2D eigenvalue weighted by molar-refractivity contribution is 5.84. The first kappa shape index (κ1) is 14.2. The molecule has 0 radical (unpaired) electrons. The first-order valence-corrected chi connectivity index (χ1v) is 7.69. The lowest BCUT2D eigenvalue weighted by Gasteiger charge is -2.15. The molecule has 0 amide bonds. The number of imidazole rings is 1. The van der Waals surface area contributed by atoms with Crippen molar-refractivity contribution in [2.75, 3.05) is 26.4 Å². The Morgan fingerprint density at radius 2 is 2.24 bits per heavy atom. The van der Waals surface area contributed by atoms with E-state index in [2.05, 4.69) is 35.5 Å². The normalized spacial score (nSPS) is 17.4. The summed E-state index contributed by atoms with van der Waals surface area (Å²) in [6.45, 7) is 4.04. The Hall–Kier alpha value is -1.75. The molecular weight excluding hydrogens is 264 g/mol. The van der Waals surface area contributed by atoms with E-state index in [1.165, 1.54) is 11.1 Å². The van der Waals surface area contributed by atoms with Crippen LogP contribution in [0.2, 0.25) is 0 Å². The molecule has 114 valence electrons. The molecule has 3 rings (SSSR count). The van der Waals surface area contributed by atoms with Crippen LogP contribution < -0.4 is 10.5 Å². The van der Waals surface area contributed by atoms with E-state index < -0.39 is 0 Å². The highest BCUT2D eigenvalue weighted by atomic mass is 16.5. The average Bonchev–Trinajstić information content (AvgIpc) is 2.95. The van der Waals surface area contributed by atoms with Gasteiger partial charge in [-0.1, -0.05) is 13.3 Å². The van der Waals surface area contributed by atoms with Gasteiger partial charge in [-0.3, -0.25) is 0 Å². The van der Waals surface area contributed by atoms with Crippen molar-refractivity contribution in [3.05, 3.63) is 17.7 Å². The van der Waals surface area contributed by atoms with E-state index in [1.54, 1.807) is 0 Å². The predicted molar refractivity (Wildman–Crippen MR) is 85.7 cm³/mol. The molecule has 1 unspecified atom stereocenters. The van der Waals surface area contributed by atoms with Crippen molar-refractivity contribution >= 4 is 17.0 Å². The molecule has 2 aromatic rings. The Kier molecular flexibility index (Phi) is 3.76. The molecule has 0 saturated heterocycles.